The highest BCUT2D eigenvalue weighted by Crippen LogP contribution is 2.22. The van der Waals surface area contributed by atoms with Crippen LogP contribution >= 0.6 is 11.6 Å². The van der Waals surface area contributed by atoms with Crippen LogP contribution in [0.3, 0.4) is 0 Å². The second kappa shape index (κ2) is 5.31. The van der Waals surface area contributed by atoms with Crippen molar-refractivity contribution in [3.63, 3.8) is 0 Å². The Morgan fingerprint density at radius 1 is 1.19 bits per heavy atom. The lowest BCUT2D eigenvalue weighted by molar-refractivity contribution is -0.112. The van der Waals surface area contributed by atoms with Crippen LogP contribution in [0.4, 0.5) is 0 Å². The van der Waals surface area contributed by atoms with Gasteiger partial charge in [-0.15, -0.1) is 11.6 Å². The predicted molar refractivity (Wildman–Crippen MR) is 70.2 cm³/mol. The summed E-state index contributed by atoms with van der Waals surface area (Å²) in [6.45, 7) is 8.32. The fourth-order valence-corrected chi connectivity index (χ4v) is 1.81. The SMILES string of the molecule is Cc1cc(C)c(C)c(C=CC(=O)CCl)c1C. The molecule has 0 saturated heterocycles. The van der Waals surface area contributed by atoms with Crippen LogP contribution in [0.25, 0.3) is 6.08 Å². The predicted octanol–water partition coefficient (Wildman–Crippen LogP) is 3.74. The van der Waals surface area contributed by atoms with Gasteiger partial charge in [0.2, 0.25) is 0 Å². The first-order chi connectivity index (χ1) is 7.47. The van der Waals surface area contributed by atoms with Gasteiger partial charge in [-0.25, -0.2) is 0 Å². The van der Waals surface area contributed by atoms with Crippen LogP contribution in [0.15, 0.2) is 12.1 Å². The molecule has 0 aliphatic rings. The molecule has 0 aliphatic heterocycles. The maximum Gasteiger partial charge on any atom is 0.170 e. The van der Waals surface area contributed by atoms with Gasteiger partial charge < -0.3 is 0 Å². The minimum atomic E-state index is -0.0559. The molecule has 0 atom stereocenters. The van der Waals surface area contributed by atoms with Crippen molar-refractivity contribution in [1.29, 1.82) is 0 Å². The molecular weight excluding hydrogens is 220 g/mol. The van der Waals surface area contributed by atoms with Gasteiger partial charge in [0.25, 0.3) is 0 Å². The minimum Gasteiger partial charge on any atom is -0.294 e. The maximum absolute atomic E-state index is 11.2. The second-order valence-electron chi connectivity index (χ2n) is 4.11. The zero-order valence-corrected chi connectivity index (χ0v) is 11.0. The first-order valence-electron chi connectivity index (χ1n) is 5.31. The smallest absolute Gasteiger partial charge is 0.170 e. The Morgan fingerprint density at radius 2 is 1.69 bits per heavy atom. The number of hydrogen-bond donors (Lipinski definition) is 0. The van der Waals surface area contributed by atoms with Crippen LogP contribution in [-0.2, 0) is 4.79 Å². The van der Waals surface area contributed by atoms with Gasteiger partial charge in [-0.1, -0.05) is 12.1 Å². The van der Waals surface area contributed by atoms with Crippen molar-refractivity contribution < 1.29 is 4.79 Å². The van der Waals surface area contributed by atoms with Crippen LogP contribution in [0.1, 0.15) is 27.8 Å². The van der Waals surface area contributed by atoms with Crippen molar-refractivity contribution in [2.24, 2.45) is 0 Å². The van der Waals surface area contributed by atoms with E-state index in [1.165, 1.54) is 22.3 Å². The van der Waals surface area contributed by atoms with Gasteiger partial charge in [0, 0.05) is 0 Å². The summed E-state index contributed by atoms with van der Waals surface area (Å²) in [5.74, 6) is -0.0148. The lowest BCUT2D eigenvalue weighted by atomic mass is 9.94. The summed E-state index contributed by atoms with van der Waals surface area (Å²) in [6, 6.07) is 2.17. The first kappa shape index (κ1) is 13.0. The van der Waals surface area contributed by atoms with E-state index in [1.54, 1.807) is 6.08 Å². The second-order valence-corrected chi connectivity index (χ2v) is 4.37. The van der Waals surface area contributed by atoms with E-state index in [0.29, 0.717) is 0 Å². The van der Waals surface area contributed by atoms with E-state index in [4.69, 9.17) is 11.6 Å². The number of aryl methyl sites for hydroxylation is 2. The number of carbonyl (C=O) groups excluding carboxylic acids is 1. The molecule has 0 radical (unpaired) electrons. The molecule has 0 aromatic heterocycles. The highest BCUT2D eigenvalue weighted by atomic mass is 35.5. The normalized spacial score (nSPS) is 11.1. The number of benzene rings is 1. The lowest BCUT2D eigenvalue weighted by Crippen LogP contribution is -1.96. The van der Waals surface area contributed by atoms with Crippen molar-refractivity contribution in [2.75, 3.05) is 5.88 Å². The quantitative estimate of drug-likeness (QED) is 0.577. The Hall–Kier alpha value is -1.08. The third-order valence-electron chi connectivity index (χ3n) is 2.99. The summed E-state index contributed by atoms with van der Waals surface area (Å²) in [7, 11) is 0. The molecule has 0 bridgehead atoms. The molecule has 0 N–H and O–H groups in total. The van der Waals surface area contributed by atoms with Crippen molar-refractivity contribution >= 4 is 23.5 Å². The summed E-state index contributed by atoms with van der Waals surface area (Å²) in [6.07, 6.45) is 3.43. The molecule has 0 heterocycles. The molecule has 16 heavy (non-hydrogen) atoms. The van der Waals surface area contributed by atoms with Gasteiger partial charge in [-0.3, -0.25) is 4.79 Å². The highest BCUT2D eigenvalue weighted by Gasteiger charge is 2.05. The number of hydrogen-bond acceptors (Lipinski definition) is 1. The fraction of sp³-hybridized carbons (Fsp3) is 0.357. The monoisotopic (exact) mass is 236 g/mol. The lowest BCUT2D eigenvalue weighted by Gasteiger charge is -2.11. The average Bonchev–Trinajstić information content (AvgIpc) is 2.26. The van der Waals surface area contributed by atoms with E-state index in [2.05, 4.69) is 33.8 Å². The van der Waals surface area contributed by atoms with Crippen LogP contribution in [0.5, 0.6) is 0 Å². The number of rotatable bonds is 3. The van der Waals surface area contributed by atoms with Gasteiger partial charge >= 0.3 is 0 Å². The number of ketones is 1. The number of alkyl halides is 1. The first-order valence-corrected chi connectivity index (χ1v) is 5.85. The van der Waals surface area contributed by atoms with E-state index in [-0.39, 0.29) is 11.7 Å². The van der Waals surface area contributed by atoms with Gasteiger partial charge in [0.05, 0.1) is 5.88 Å². The standard InChI is InChI=1S/C14H17ClO/c1-9-7-10(2)12(4)14(11(9)3)6-5-13(16)8-15/h5-7H,8H2,1-4H3. The van der Waals surface area contributed by atoms with E-state index < -0.39 is 0 Å². The molecule has 1 aromatic carbocycles. The Bertz CT molecular complexity index is 418. The van der Waals surface area contributed by atoms with Gasteiger partial charge in [-0.2, -0.15) is 0 Å². The molecule has 86 valence electrons. The number of allylic oxidation sites excluding steroid dienone is 1. The maximum atomic E-state index is 11.2. The van der Waals surface area contributed by atoms with Crippen molar-refractivity contribution in [3.8, 4) is 0 Å². The molecule has 1 rings (SSSR count). The molecule has 1 aromatic rings. The molecule has 0 fully saturated rings. The highest BCUT2D eigenvalue weighted by molar-refractivity contribution is 6.29. The van der Waals surface area contributed by atoms with Gasteiger partial charge in [0.1, 0.15) is 0 Å². The topological polar surface area (TPSA) is 17.1 Å². The third-order valence-corrected chi connectivity index (χ3v) is 3.26. The number of halogens is 1. The third kappa shape index (κ3) is 2.73. The zero-order chi connectivity index (χ0) is 12.3. The summed E-state index contributed by atoms with van der Waals surface area (Å²) in [4.78, 5) is 11.2. The van der Waals surface area contributed by atoms with Crippen molar-refractivity contribution in [2.45, 2.75) is 27.7 Å². The van der Waals surface area contributed by atoms with E-state index in [0.717, 1.165) is 5.56 Å². The Balaban J connectivity index is 3.22. The molecular formula is C14H17ClO. The Labute approximate surface area is 102 Å². The molecule has 0 spiro atoms. The average molecular weight is 237 g/mol. The van der Waals surface area contributed by atoms with Crippen molar-refractivity contribution in [3.05, 3.63) is 40.0 Å². The Morgan fingerprint density at radius 3 is 2.12 bits per heavy atom. The summed E-state index contributed by atoms with van der Waals surface area (Å²) in [5.41, 5.74) is 6.08. The zero-order valence-electron chi connectivity index (χ0n) is 10.2. The Kier molecular flexibility index (Phi) is 4.31. The molecule has 0 aliphatic carbocycles. The van der Waals surface area contributed by atoms with Crippen LogP contribution in [-0.4, -0.2) is 11.7 Å². The van der Waals surface area contributed by atoms with E-state index in [9.17, 15) is 4.79 Å². The fourth-order valence-electron chi connectivity index (χ4n) is 1.72. The summed E-state index contributed by atoms with van der Waals surface area (Å²) in [5, 5.41) is 0. The van der Waals surface area contributed by atoms with Crippen molar-refractivity contribution in [1.82, 2.24) is 0 Å². The van der Waals surface area contributed by atoms with Crippen LogP contribution < -0.4 is 0 Å². The minimum absolute atomic E-state index is 0.0411. The number of carbonyl (C=O) groups is 1. The molecule has 2 heteroatoms. The molecule has 0 saturated carbocycles. The molecule has 0 amide bonds. The summed E-state index contributed by atoms with van der Waals surface area (Å²) >= 11 is 5.46. The molecule has 0 unspecified atom stereocenters. The van der Waals surface area contributed by atoms with Gasteiger partial charge in [-0.05, 0) is 61.6 Å². The van der Waals surface area contributed by atoms with Gasteiger partial charge in [0.15, 0.2) is 5.78 Å². The summed E-state index contributed by atoms with van der Waals surface area (Å²) < 4.78 is 0. The van der Waals surface area contributed by atoms with Crippen LogP contribution in [0, 0.1) is 27.7 Å². The molecule has 1 nitrogen and oxygen atoms in total. The van der Waals surface area contributed by atoms with E-state index >= 15 is 0 Å². The largest absolute Gasteiger partial charge is 0.294 e. The van der Waals surface area contributed by atoms with E-state index in [1.807, 2.05) is 6.08 Å². The van der Waals surface area contributed by atoms with Crippen LogP contribution in [0.2, 0.25) is 0 Å².